The molecule has 0 spiro atoms. The maximum Gasteiger partial charge on any atom is 0.255 e. The Morgan fingerprint density at radius 3 is 2.86 bits per heavy atom. The number of H-pyrrole nitrogens is 1. The molecule has 2 heterocycles. The fraction of sp³-hybridized carbons (Fsp3) is 0.471. The minimum absolute atomic E-state index is 0.0683. The zero-order valence-electron chi connectivity index (χ0n) is 12.6. The average molecular weight is 302 g/mol. The maximum atomic E-state index is 11.7. The van der Waals surface area contributed by atoms with E-state index in [-0.39, 0.29) is 18.3 Å². The molecule has 0 saturated carbocycles. The number of hydrogen-bond acceptors (Lipinski definition) is 4. The summed E-state index contributed by atoms with van der Waals surface area (Å²) in [7, 11) is 0. The topological polar surface area (TPSA) is 65.6 Å². The second-order valence-corrected chi connectivity index (χ2v) is 5.79. The third kappa shape index (κ3) is 3.48. The van der Waals surface area contributed by atoms with Crippen molar-refractivity contribution in [1.29, 1.82) is 0 Å². The van der Waals surface area contributed by atoms with Crippen molar-refractivity contribution in [3.8, 4) is 5.75 Å². The zero-order valence-corrected chi connectivity index (χ0v) is 12.6. The number of rotatable bonds is 5. The van der Waals surface area contributed by atoms with E-state index in [0.29, 0.717) is 5.39 Å². The van der Waals surface area contributed by atoms with Crippen molar-refractivity contribution in [3.63, 3.8) is 0 Å². The molecule has 1 aromatic heterocycles. The molecule has 0 unspecified atom stereocenters. The lowest BCUT2D eigenvalue weighted by molar-refractivity contribution is 0.0965. The van der Waals surface area contributed by atoms with Gasteiger partial charge in [0.1, 0.15) is 11.9 Å². The molecule has 0 radical (unpaired) electrons. The summed E-state index contributed by atoms with van der Waals surface area (Å²) in [6.45, 7) is 3.24. The minimum Gasteiger partial charge on any atom is -0.490 e. The first kappa shape index (κ1) is 15.1. The first-order valence-corrected chi connectivity index (χ1v) is 7.87. The fourth-order valence-electron chi connectivity index (χ4n) is 2.98. The molecule has 1 aromatic carbocycles. The van der Waals surface area contributed by atoms with E-state index in [4.69, 9.17) is 9.84 Å². The van der Waals surface area contributed by atoms with Crippen LogP contribution in [0.3, 0.4) is 0 Å². The van der Waals surface area contributed by atoms with Gasteiger partial charge < -0.3 is 19.7 Å². The molecule has 22 heavy (non-hydrogen) atoms. The van der Waals surface area contributed by atoms with E-state index >= 15 is 0 Å². The predicted octanol–water partition coefficient (Wildman–Crippen LogP) is 1.75. The van der Waals surface area contributed by atoms with Crippen LogP contribution in [0, 0.1) is 0 Å². The molecule has 0 amide bonds. The van der Waals surface area contributed by atoms with Gasteiger partial charge in [0.25, 0.3) is 5.56 Å². The lowest BCUT2D eigenvalue weighted by Crippen LogP contribution is -2.38. The van der Waals surface area contributed by atoms with Gasteiger partial charge >= 0.3 is 0 Å². The third-order valence-corrected chi connectivity index (χ3v) is 4.21. The van der Waals surface area contributed by atoms with E-state index in [2.05, 4.69) is 9.88 Å². The lowest BCUT2D eigenvalue weighted by atomic mass is 10.1. The molecule has 3 rings (SSSR count). The second kappa shape index (κ2) is 6.94. The van der Waals surface area contributed by atoms with E-state index in [1.807, 2.05) is 24.3 Å². The Kier molecular flexibility index (Phi) is 4.75. The number of aliphatic hydroxyl groups excluding tert-OH is 1. The first-order chi connectivity index (χ1) is 10.8. The van der Waals surface area contributed by atoms with Crippen LogP contribution < -0.4 is 10.3 Å². The third-order valence-electron chi connectivity index (χ3n) is 4.21. The standard InChI is InChI=1S/C17H22N2O3/c20-11-1-8-19-9-5-14(6-10-19)22-15-2-3-16-13(12-15)4-7-18-17(16)21/h2-4,7,12,14,20H,1,5-6,8-11H2,(H,18,21). The Morgan fingerprint density at radius 2 is 2.09 bits per heavy atom. The first-order valence-electron chi connectivity index (χ1n) is 7.87. The largest absolute Gasteiger partial charge is 0.490 e. The van der Waals surface area contributed by atoms with Gasteiger partial charge in [-0.1, -0.05) is 0 Å². The van der Waals surface area contributed by atoms with Crippen molar-refractivity contribution < 1.29 is 9.84 Å². The highest BCUT2D eigenvalue weighted by atomic mass is 16.5. The van der Waals surface area contributed by atoms with Crippen LogP contribution in [-0.4, -0.2) is 47.3 Å². The van der Waals surface area contributed by atoms with Crippen LogP contribution in [0.5, 0.6) is 5.75 Å². The van der Waals surface area contributed by atoms with E-state index in [9.17, 15) is 4.79 Å². The highest BCUT2D eigenvalue weighted by Gasteiger charge is 2.20. The van der Waals surface area contributed by atoms with Gasteiger partial charge in [0, 0.05) is 37.8 Å². The molecule has 0 atom stereocenters. The Labute approximate surface area is 129 Å². The molecule has 2 N–H and O–H groups in total. The van der Waals surface area contributed by atoms with Gasteiger partial charge in [0.05, 0.1) is 0 Å². The molecule has 1 aliphatic heterocycles. The number of nitrogens with zero attached hydrogens (tertiary/aromatic N) is 1. The molecule has 0 bridgehead atoms. The van der Waals surface area contributed by atoms with Gasteiger partial charge in [0.15, 0.2) is 0 Å². The second-order valence-electron chi connectivity index (χ2n) is 5.79. The summed E-state index contributed by atoms with van der Waals surface area (Å²) in [4.78, 5) is 16.7. The van der Waals surface area contributed by atoms with Crippen molar-refractivity contribution >= 4 is 10.8 Å². The number of aliphatic hydroxyl groups is 1. The van der Waals surface area contributed by atoms with Gasteiger partial charge in [-0.25, -0.2) is 0 Å². The number of nitrogens with one attached hydrogen (secondary N) is 1. The van der Waals surface area contributed by atoms with Crippen LogP contribution in [0.2, 0.25) is 0 Å². The van der Waals surface area contributed by atoms with Gasteiger partial charge in [-0.3, -0.25) is 4.79 Å². The van der Waals surface area contributed by atoms with Gasteiger partial charge in [-0.2, -0.15) is 0 Å². The van der Waals surface area contributed by atoms with Crippen molar-refractivity contribution in [2.75, 3.05) is 26.2 Å². The molecule has 1 fully saturated rings. The summed E-state index contributed by atoms with van der Waals surface area (Å²) in [5.74, 6) is 0.826. The quantitative estimate of drug-likeness (QED) is 0.883. The van der Waals surface area contributed by atoms with Crippen molar-refractivity contribution in [1.82, 2.24) is 9.88 Å². The van der Waals surface area contributed by atoms with Crippen LogP contribution in [0.4, 0.5) is 0 Å². The number of aromatic nitrogens is 1. The molecule has 1 saturated heterocycles. The van der Waals surface area contributed by atoms with E-state index in [0.717, 1.165) is 50.0 Å². The lowest BCUT2D eigenvalue weighted by Gasteiger charge is -2.32. The van der Waals surface area contributed by atoms with E-state index in [1.165, 1.54) is 0 Å². The highest BCUT2D eigenvalue weighted by molar-refractivity contribution is 5.82. The van der Waals surface area contributed by atoms with Crippen molar-refractivity contribution in [3.05, 3.63) is 40.8 Å². The number of likely N-dealkylation sites (tertiary alicyclic amines) is 1. The monoisotopic (exact) mass is 302 g/mol. The Morgan fingerprint density at radius 1 is 1.27 bits per heavy atom. The zero-order chi connectivity index (χ0) is 15.4. The molecular weight excluding hydrogens is 280 g/mol. The van der Waals surface area contributed by atoms with Crippen LogP contribution in [0.25, 0.3) is 10.8 Å². The van der Waals surface area contributed by atoms with Crippen LogP contribution in [0.1, 0.15) is 19.3 Å². The Balaban J connectivity index is 1.61. The molecule has 5 nitrogen and oxygen atoms in total. The number of benzene rings is 1. The number of aromatic amines is 1. The normalized spacial score (nSPS) is 17.0. The summed E-state index contributed by atoms with van der Waals surface area (Å²) in [5.41, 5.74) is -0.0683. The molecule has 2 aromatic rings. The van der Waals surface area contributed by atoms with Crippen molar-refractivity contribution in [2.24, 2.45) is 0 Å². The molecular formula is C17H22N2O3. The Hall–Kier alpha value is -1.85. The van der Waals surface area contributed by atoms with E-state index in [1.54, 1.807) is 6.20 Å². The number of pyridine rings is 1. The Bertz CT molecular complexity index is 675. The number of hydrogen-bond donors (Lipinski definition) is 2. The van der Waals surface area contributed by atoms with Gasteiger partial charge in [-0.05, 0) is 48.9 Å². The van der Waals surface area contributed by atoms with E-state index < -0.39 is 0 Å². The summed E-state index contributed by atoms with van der Waals surface area (Å²) < 4.78 is 6.07. The fourth-order valence-corrected chi connectivity index (χ4v) is 2.98. The predicted molar refractivity (Wildman–Crippen MR) is 86.4 cm³/mol. The molecule has 0 aliphatic carbocycles. The number of fused-ring (bicyclic) bond motifs is 1. The smallest absolute Gasteiger partial charge is 0.255 e. The summed E-state index contributed by atoms with van der Waals surface area (Å²) in [6, 6.07) is 7.51. The summed E-state index contributed by atoms with van der Waals surface area (Å²) >= 11 is 0. The molecule has 1 aliphatic rings. The minimum atomic E-state index is -0.0683. The number of ether oxygens (including phenoxy) is 1. The highest BCUT2D eigenvalue weighted by Crippen LogP contribution is 2.22. The number of piperidine rings is 1. The molecule has 5 heteroatoms. The van der Waals surface area contributed by atoms with Crippen LogP contribution in [0.15, 0.2) is 35.3 Å². The van der Waals surface area contributed by atoms with Gasteiger partial charge in [0.2, 0.25) is 0 Å². The average Bonchev–Trinajstić information content (AvgIpc) is 2.54. The summed E-state index contributed by atoms with van der Waals surface area (Å²) in [5, 5.41) is 10.5. The maximum absolute atomic E-state index is 11.7. The van der Waals surface area contributed by atoms with Gasteiger partial charge in [-0.15, -0.1) is 0 Å². The van der Waals surface area contributed by atoms with Crippen molar-refractivity contribution in [2.45, 2.75) is 25.4 Å². The summed E-state index contributed by atoms with van der Waals surface area (Å²) in [6.07, 6.45) is 4.72. The van der Waals surface area contributed by atoms with Crippen LogP contribution >= 0.6 is 0 Å². The van der Waals surface area contributed by atoms with Crippen LogP contribution in [-0.2, 0) is 0 Å². The SMILES string of the molecule is O=c1[nH]ccc2cc(OC3CCN(CCCO)CC3)ccc12. The molecule has 118 valence electrons.